The van der Waals surface area contributed by atoms with E-state index in [9.17, 15) is 0 Å². The van der Waals surface area contributed by atoms with Crippen molar-refractivity contribution in [2.45, 2.75) is 5.41 Å². The van der Waals surface area contributed by atoms with Gasteiger partial charge in [-0.25, -0.2) is 0 Å². The molecule has 252 valence electrons. The number of anilines is 6. The largest absolute Gasteiger partial charge is 0.457 e. The monoisotopic (exact) mass is 682 g/mol. The fourth-order valence-corrected chi connectivity index (χ4v) is 8.12. The molecule has 2 aliphatic rings. The molecular weight excluding hydrogens is 649 g/mol. The highest BCUT2D eigenvalue weighted by molar-refractivity contribution is 5.84. The minimum Gasteiger partial charge on any atom is -0.457 e. The van der Waals surface area contributed by atoms with Crippen LogP contribution in [-0.4, -0.2) is 0 Å². The summed E-state index contributed by atoms with van der Waals surface area (Å²) in [6, 6.07) is 72.3. The van der Waals surface area contributed by atoms with Crippen molar-refractivity contribution in [3.8, 4) is 23.0 Å². The lowest BCUT2D eigenvalue weighted by Gasteiger charge is -2.45. The zero-order chi connectivity index (χ0) is 35.2. The molecule has 0 saturated heterocycles. The van der Waals surface area contributed by atoms with Gasteiger partial charge < -0.3 is 19.3 Å². The molecule has 0 atom stereocenters. The molecule has 2 aliphatic heterocycles. The lowest BCUT2D eigenvalue weighted by molar-refractivity contribution is 0.399. The summed E-state index contributed by atoms with van der Waals surface area (Å²) in [5.41, 5.74) is 9.78. The first-order chi connectivity index (χ1) is 26.3. The summed E-state index contributed by atoms with van der Waals surface area (Å²) in [6.07, 6.45) is 0. The quantitative estimate of drug-likeness (QED) is 0.174. The van der Waals surface area contributed by atoms with Crippen LogP contribution in [0.3, 0.4) is 0 Å². The van der Waals surface area contributed by atoms with Gasteiger partial charge in [0.25, 0.3) is 0 Å². The van der Waals surface area contributed by atoms with Crippen molar-refractivity contribution in [3.05, 3.63) is 229 Å². The average molecular weight is 683 g/mol. The average Bonchev–Trinajstić information content (AvgIpc) is 3.23. The molecule has 4 nitrogen and oxygen atoms in total. The van der Waals surface area contributed by atoms with Crippen LogP contribution in [0.1, 0.15) is 22.3 Å². The number of para-hydroxylation sites is 6. The number of benzene rings is 8. The molecule has 0 fully saturated rings. The molecule has 1 spiro atoms. The van der Waals surface area contributed by atoms with Gasteiger partial charge in [0.2, 0.25) is 0 Å². The lowest BCUT2D eigenvalue weighted by Crippen LogP contribution is -2.37. The topological polar surface area (TPSA) is 24.9 Å². The van der Waals surface area contributed by atoms with E-state index in [-0.39, 0.29) is 0 Å². The highest BCUT2D eigenvalue weighted by Gasteiger charge is 2.51. The summed E-state index contributed by atoms with van der Waals surface area (Å²) in [5, 5.41) is 0. The molecule has 0 aliphatic carbocycles. The fraction of sp³-hybridized carbons (Fsp3) is 0.0204. The van der Waals surface area contributed by atoms with Gasteiger partial charge in [-0.2, -0.15) is 0 Å². The Bertz CT molecular complexity index is 2310. The predicted octanol–water partition coefficient (Wildman–Crippen LogP) is 13.2. The summed E-state index contributed by atoms with van der Waals surface area (Å²) in [6.45, 7) is 0. The number of nitrogens with zero attached hydrogens (tertiary/aromatic N) is 2. The Kier molecular flexibility index (Phi) is 7.33. The summed E-state index contributed by atoms with van der Waals surface area (Å²) < 4.78 is 13.7. The summed E-state index contributed by atoms with van der Waals surface area (Å²) in [4.78, 5) is 4.62. The molecule has 2 heterocycles. The third-order valence-corrected chi connectivity index (χ3v) is 10.3. The number of ether oxygens (including phenoxy) is 2. The Hall–Kier alpha value is -7.04. The molecule has 0 saturated carbocycles. The Labute approximate surface area is 309 Å². The van der Waals surface area contributed by atoms with E-state index in [0.717, 1.165) is 79.4 Å². The molecule has 0 bridgehead atoms. The normalized spacial score (nSPS) is 13.0. The molecule has 4 heteroatoms. The minimum absolute atomic E-state index is 0.779. The van der Waals surface area contributed by atoms with Gasteiger partial charge in [0.05, 0.1) is 5.41 Å². The van der Waals surface area contributed by atoms with Crippen LogP contribution in [0, 0.1) is 0 Å². The second kappa shape index (κ2) is 12.6. The first kappa shape index (κ1) is 30.8. The third kappa shape index (κ3) is 4.99. The summed E-state index contributed by atoms with van der Waals surface area (Å²) >= 11 is 0. The van der Waals surface area contributed by atoms with Crippen LogP contribution in [0.4, 0.5) is 34.1 Å². The number of rotatable bonds is 6. The highest BCUT2D eigenvalue weighted by Crippen LogP contribution is 2.62. The van der Waals surface area contributed by atoms with E-state index < -0.39 is 5.41 Å². The zero-order valence-corrected chi connectivity index (χ0v) is 28.8. The van der Waals surface area contributed by atoms with Crippen LogP contribution in [0.5, 0.6) is 23.0 Å². The van der Waals surface area contributed by atoms with E-state index in [2.05, 4.69) is 204 Å². The maximum Gasteiger partial charge on any atom is 0.132 e. The van der Waals surface area contributed by atoms with Crippen LogP contribution >= 0.6 is 0 Å². The molecule has 53 heavy (non-hydrogen) atoms. The zero-order valence-electron chi connectivity index (χ0n) is 28.8. The lowest BCUT2D eigenvalue weighted by atomic mass is 9.62. The Morgan fingerprint density at radius 3 is 0.925 bits per heavy atom. The first-order valence-corrected chi connectivity index (χ1v) is 17.9. The second-order valence-corrected chi connectivity index (χ2v) is 13.3. The van der Waals surface area contributed by atoms with Crippen molar-refractivity contribution >= 4 is 34.1 Å². The van der Waals surface area contributed by atoms with Crippen molar-refractivity contribution in [2.24, 2.45) is 0 Å². The summed E-state index contributed by atoms with van der Waals surface area (Å²) in [5.74, 6) is 3.27. The fourth-order valence-electron chi connectivity index (χ4n) is 8.12. The van der Waals surface area contributed by atoms with Crippen molar-refractivity contribution in [1.82, 2.24) is 0 Å². The van der Waals surface area contributed by atoms with Gasteiger partial charge in [0.15, 0.2) is 0 Å². The van der Waals surface area contributed by atoms with Gasteiger partial charge in [0.1, 0.15) is 23.0 Å². The number of hydrogen-bond donors (Lipinski definition) is 0. The minimum atomic E-state index is -0.779. The maximum absolute atomic E-state index is 6.83. The van der Waals surface area contributed by atoms with E-state index in [1.807, 2.05) is 12.1 Å². The molecule has 0 unspecified atom stereocenters. The molecule has 8 aromatic carbocycles. The number of fused-ring (bicyclic) bond motifs is 8. The van der Waals surface area contributed by atoms with Crippen LogP contribution in [0.25, 0.3) is 0 Å². The highest BCUT2D eigenvalue weighted by atomic mass is 16.5. The van der Waals surface area contributed by atoms with E-state index >= 15 is 0 Å². The predicted molar refractivity (Wildman–Crippen MR) is 214 cm³/mol. The molecule has 0 amide bonds. The molecule has 10 rings (SSSR count). The molecule has 0 N–H and O–H groups in total. The number of hydrogen-bond acceptors (Lipinski definition) is 4. The standard InChI is InChI=1S/C49H34N2O2/c1-5-17-35(18-6-1)50(36-19-7-2-8-20-36)39-29-31-47-43(33-39)49(41-25-13-15-27-45(41)52-47)42-26-14-16-28-46(42)53-48-32-30-40(34-44(48)49)51(37-21-9-3-10-22-37)38-23-11-4-12-24-38/h1-34H. The molecule has 0 aromatic heterocycles. The van der Waals surface area contributed by atoms with Gasteiger partial charge in [-0.15, -0.1) is 0 Å². The van der Waals surface area contributed by atoms with Gasteiger partial charge in [-0.05, 0) is 97.1 Å². The van der Waals surface area contributed by atoms with Crippen LogP contribution in [0.2, 0.25) is 0 Å². The molecular formula is C49H34N2O2. The van der Waals surface area contributed by atoms with E-state index in [1.54, 1.807) is 0 Å². The Morgan fingerprint density at radius 2 is 0.566 bits per heavy atom. The van der Waals surface area contributed by atoms with Gasteiger partial charge in [0, 0.05) is 56.4 Å². The molecule has 0 radical (unpaired) electrons. The smallest absolute Gasteiger partial charge is 0.132 e. The Morgan fingerprint density at radius 1 is 0.264 bits per heavy atom. The van der Waals surface area contributed by atoms with Gasteiger partial charge >= 0.3 is 0 Å². The van der Waals surface area contributed by atoms with Crippen molar-refractivity contribution in [2.75, 3.05) is 9.80 Å². The van der Waals surface area contributed by atoms with Crippen LogP contribution in [-0.2, 0) is 5.41 Å². The second-order valence-electron chi connectivity index (χ2n) is 13.3. The van der Waals surface area contributed by atoms with Crippen molar-refractivity contribution < 1.29 is 9.47 Å². The van der Waals surface area contributed by atoms with E-state index in [4.69, 9.17) is 9.47 Å². The van der Waals surface area contributed by atoms with Crippen molar-refractivity contribution in [1.29, 1.82) is 0 Å². The van der Waals surface area contributed by atoms with E-state index in [1.165, 1.54) is 0 Å². The first-order valence-electron chi connectivity index (χ1n) is 17.9. The van der Waals surface area contributed by atoms with Crippen LogP contribution < -0.4 is 19.3 Å². The maximum atomic E-state index is 6.83. The Balaban J connectivity index is 1.28. The molecule has 8 aromatic rings. The van der Waals surface area contributed by atoms with Crippen LogP contribution in [0.15, 0.2) is 206 Å². The van der Waals surface area contributed by atoms with E-state index in [0.29, 0.717) is 0 Å². The van der Waals surface area contributed by atoms with Gasteiger partial charge in [-0.3, -0.25) is 0 Å². The van der Waals surface area contributed by atoms with Crippen molar-refractivity contribution in [3.63, 3.8) is 0 Å². The summed E-state index contributed by atoms with van der Waals surface area (Å²) in [7, 11) is 0. The third-order valence-electron chi connectivity index (χ3n) is 10.3. The SMILES string of the molecule is c1ccc(N(c2ccccc2)c2ccc3c(c2)C2(c4ccccc4O3)c3ccccc3Oc3ccc(N(c4ccccc4)c4ccccc4)cc32)cc1. The van der Waals surface area contributed by atoms with Gasteiger partial charge in [-0.1, -0.05) is 109 Å².